The molecule has 1 aliphatic rings. The Morgan fingerprint density at radius 3 is 2.59 bits per heavy atom. The van der Waals surface area contributed by atoms with E-state index in [-0.39, 0.29) is 17.6 Å². The van der Waals surface area contributed by atoms with Gasteiger partial charge in [0.2, 0.25) is 0 Å². The van der Waals surface area contributed by atoms with Gasteiger partial charge in [-0.2, -0.15) is 0 Å². The third-order valence-corrected chi connectivity index (χ3v) is 6.94. The van der Waals surface area contributed by atoms with Crippen molar-refractivity contribution in [3.05, 3.63) is 94.2 Å². The van der Waals surface area contributed by atoms with Crippen LogP contribution in [0.5, 0.6) is 5.75 Å². The van der Waals surface area contributed by atoms with Gasteiger partial charge in [-0.1, -0.05) is 6.08 Å². The van der Waals surface area contributed by atoms with E-state index in [1.54, 1.807) is 24.5 Å². The number of nitrogens with zero attached hydrogens (tertiary/aromatic N) is 1. The maximum absolute atomic E-state index is 12.9. The van der Waals surface area contributed by atoms with Crippen molar-refractivity contribution in [2.24, 2.45) is 0 Å². The Balaban J connectivity index is 1.55. The number of aromatic nitrogens is 1. The van der Waals surface area contributed by atoms with Crippen LogP contribution < -0.4 is 10.1 Å². The lowest BCUT2D eigenvalue weighted by molar-refractivity contribution is 0.0833. The quantitative estimate of drug-likeness (QED) is 0.420. The number of hydrogen-bond donors (Lipinski definition) is 1. The topological polar surface area (TPSA) is 64.4 Å². The molecule has 5 nitrogen and oxygen atoms in total. The molecular weight excluding hydrogens is 424 g/mol. The summed E-state index contributed by atoms with van der Waals surface area (Å²) in [6, 6.07) is 7.27. The van der Waals surface area contributed by atoms with Gasteiger partial charge in [-0.25, -0.2) is 0 Å². The fraction of sp³-hybridized carbons (Fsp3) is 0.379. The van der Waals surface area contributed by atoms with E-state index in [0.29, 0.717) is 18.6 Å². The molecule has 0 radical (unpaired) electrons. The predicted molar refractivity (Wildman–Crippen MR) is 134 cm³/mol. The number of carbonyl (C=O) groups is 1. The summed E-state index contributed by atoms with van der Waals surface area (Å²) >= 11 is 0. The van der Waals surface area contributed by atoms with E-state index in [1.165, 1.54) is 27.8 Å². The predicted octanol–water partition coefficient (Wildman–Crippen LogP) is 6.34. The highest BCUT2D eigenvalue weighted by molar-refractivity contribution is 5.91. The first-order valence-corrected chi connectivity index (χ1v) is 11.9. The highest BCUT2D eigenvalue weighted by atomic mass is 16.5. The SMILES string of the molecule is C=CCC(NC(=O)c1ccc(Cc2c(C)c(C)c3c(c2C)CCC(C)(C)O3)o1)c1ccncc1. The molecule has 1 aromatic carbocycles. The first kappa shape index (κ1) is 23.8. The molecule has 34 heavy (non-hydrogen) atoms. The molecule has 1 aliphatic heterocycles. The number of ether oxygens (including phenoxy) is 1. The fourth-order valence-electron chi connectivity index (χ4n) is 4.75. The monoisotopic (exact) mass is 458 g/mol. The number of furan rings is 1. The number of hydrogen-bond acceptors (Lipinski definition) is 4. The Morgan fingerprint density at radius 1 is 1.15 bits per heavy atom. The van der Waals surface area contributed by atoms with E-state index in [9.17, 15) is 4.79 Å². The van der Waals surface area contributed by atoms with Gasteiger partial charge in [-0.15, -0.1) is 6.58 Å². The normalized spacial score (nSPS) is 15.2. The maximum atomic E-state index is 12.9. The van der Waals surface area contributed by atoms with Crippen LogP contribution in [0.25, 0.3) is 0 Å². The second-order valence-electron chi connectivity index (χ2n) is 9.80. The maximum Gasteiger partial charge on any atom is 0.287 e. The third kappa shape index (κ3) is 4.79. The van der Waals surface area contributed by atoms with Gasteiger partial charge in [0.25, 0.3) is 5.91 Å². The zero-order chi connectivity index (χ0) is 24.5. The molecule has 4 rings (SSSR count). The lowest BCUT2D eigenvalue weighted by atomic mass is 9.84. The molecule has 3 heterocycles. The van der Waals surface area contributed by atoms with Crippen molar-refractivity contribution >= 4 is 5.91 Å². The van der Waals surface area contributed by atoms with Gasteiger partial charge >= 0.3 is 0 Å². The molecule has 1 unspecified atom stereocenters. The van der Waals surface area contributed by atoms with Gasteiger partial charge in [-0.3, -0.25) is 9.78 Å². The minimum atomic E-state index is -0.236. The zero-order valence-electron chi connectivity index (χ0n) is 20.8. The minimum absolute atomic E-state index is 0.138. The standard InChI is InChI=1S/C29H34N2O3/c1-7-8-25(21-12-15-30-16-13-21)31-28(32)26-10-9-22(33-26)17-24-18(2)19(3)27-23(20(24)4)11-14-29(5,6)34-27/h7,9-10,12-13,15-16,25H,1,8,11,14,17H2,2-6H3,(H,31,32). The number of fused-ring (bicyclic) bond motifs is 1. The van der Waals surface area contributed by atoms with Crippen LogP contribution in [0.2, 0.25) is 0 Å². The van der Waals surface area contributed by atoms with Crippen LogP contribution in [0.1, 0.15) is 82.4 Å². The van der Waals surface area contributed by atoms with Crippen molar-refractivity contribution in [3.8, 4) is 5.75 Å². The molecule has 1 amide bonds. The van der Waals surface area contributed by atoms with Crippen LogP contribution in [0, 0.1) is 20.8 Å². The Hall–Kier alpha value is -3.34. The minimum Gasteiger partial charge on any atom is -0.487 e. The van der Waals surface area contributed by atoms with Crippen molar-refractivity contribution in [1.29, 1.82) is 0 Å². The van der Waals surface area contributed by atoms with Gasteiger partial charge in [0.15, 0.2) is 5.76 Å². The lowest BCUT2D eigenvalue weighted by Gasteiger charge is -2.35. The fourth-order valence-corrected chi connectivity index (χ4v) is 4.75. The highest BCUT2D eigenvalue weighted by Gasteiger charge is 2.31. The van der Waals surface area contributed by atoms with Crippen LogP contribution in [0.3, 0.4) is 0 Å². The van der Waals surface area contributed by atoms with Crippen LogP contribution >= 0.6 is 0 Å². The second kappa shape index (κ2) is 9.49. The summed E-state index contributed by atoms with van der Waals surface area (Å²) in [5.74, 6) is 1.89. The molecule has 178 valence electrons. The largest absolute Gasteiger partial charge is 0.487 e. The molecule has 0 bridgehead atoms. The average molecular weight is 459 g/mol. The van der Waals surface area contributed by atoms with Gasteiger partial charge in [0.1, 0.15) is 17.1 Å². The summed E-state index contributed by atoms with van der Waals surface area (Å²) in [4.78, 5) is 17.0. The summed E-state index contributed by atoms with van der Waals surface area (Å²) in [7, 11) is 0. The number of nitrogens with one attached hydrogen (secondary N) is 1. The Kier molecular flexibility index (Phi) is 6.65. The molecule has 2 aromatic heterocycles. The van der Waals surface area contributed by atoms with Crippen LogP contribution in [0.15, 0.2) is 53.7 Å². The van der Waals surface area contributed by atoms with E-state index in [0.717, 1.165) is 29.9 Å². The first-order chi connectivity index (χ1) is 16.2. The molecule has 1 N–H and O–H groups in total. The third-order valence-electron chi connectivity index (χ3n) is 6.94. The zero-order valence-corrected chi connectivity index (χ0v) is 20.8. The molecule has 3 aromatic rings. The van der Waals surface area contributed by atoms with E-state index >= 15 is 0 Å². The van der Waals surface area contributed by atoms with Crippen molar-refractivity contribution in [1.82, 2.24) is 10.3 Å². The summed E-state index contributed by atoms with van der Waals surface area (Å²) in [6.45, 7) is 14.6. The van der Waals surface area contributed by atoms with Crippen molar-refractivity contribution in [2.75, 3.05) is 0 Å². The summed E-state index contributed by atoms with van der Waals surface area (Å²) in [5, 5.41) is 3.06. The van der Waals surface area contributed by atoms with Gasteiger partial charge < -0.3 is 14.5 Å². The van der Waals surface area contributed by atoms with Crippen molar-refractivity contribution in [2.45, 2.75) is 71.9 Å². The number of carbonyl (C=O) groups excluding carboxylic acids is 1. The summed E-state index contributed by atoms with van der Waals surface area (Å²) < 4.78 is 12.4. The van der Waals surface area contributed by atoms with E-state index in [4.69, 9.17) is 9.15 Å². The van der Waals surface area contributed by atoms with Gasteiger partial charge in [-0.05, 0) is 112 Å². The molecule has 1 atom stereocenters. The molecule has 5 heteroatoms. The Bertz CT molecular complexity index is 1210. The molecule has 0 aliphatic carbocycles. The van der Waals surface area contributed by atoms with Gasteiger partial charge in [0.05, 0.1) is 6.04 Å². The van der Waals surface area contributed by atoms with E-state index < -0.39 is 0 Å². The molecule has 0 saturated carbocycles. The van der Waals surface area contributed by atoms with Crippen molar-refractivity contribution in [3.63, 3.8) is 0 Å². The Morgan fingerprint density at radius 2 is 1.88 bits per heavy atom. The van der Waals surface area contributed by atoms with Crippen LogP contribution in [-0.2, 0) is 12.8 Å². The number of pyridine rings is 1. The van der Waals surface area contributed by atoms with Gasteiger partial charge in [0, 0.05) is 18.8 Å². The molecule has 0 spiro atoms. The first-order valence-electron chi connectivity index (χ1n) is 11.9. The van der Waals surface area contributed by atoms with Crippen LogP contribution in [-0.4, -0.2) is 16.5 Å². The van der Waals surface area contributed by atoms with Crippen molar-refractivity contribution < 1.29 is 13.9 Å². The van der Waals surface area contributed by atoms with E-state index in [2.05, 4.69) is 51.5 Å². The summed E-state index contributed by atoms with van der Waals surface area (Å²) in [5.41, 5.74) is 7.07. The number of amides is 1. The molecule has 0 fully saturated rings. The highest BCUT2D eigenvalue weighted by Crippen LogP contribution is 2.41. The van der Waals surface area contributed by atoms with E-state index in [1.807, 2.05) is 18.2 Å². The second-order valence-corrected chi connectivity index (χ2v) is 9.80. The lowest BCUT2D eigenvalue weighted by Crippen LogP contribution is -2.33. The Labute approximate surface area is 202 Å². The van der Waals surface area contributed by atoms with Crippen LogP contribution in [0.4, 0.5) is 0 Å². The molecular formula is C29H34N2O3. The number of rotatable bonds is 7. The smallest absolute Gasteiger partial charge is 0.287 e. The average Bonchev–Trinajstić information content (AvgIpc) is 3.29. The number of benzene rings is 1. The molecule has 0 saturated heterocycles. The summed E-state index contributed by atoms with van der Waals surface area (Å²) in [6.07, 6.45) is 8.51.